The summed E-state index contributed by atoms with van der Waals surface area (Å²) >= 11 is 2.13. The van der Waals surface area contributed by atoms with E-state index < -0.39 is 11.7 Å². The van der Waals surface area contributed by atoms with E-state index in [9.17, 15) is 18.0 Å². The highest BCUT2D eigenvalue weighted by atomic mass is 127. The highest BCUT2D eigenvalue weighted by molar-refractivity contribution is 14.1. The molecule has 0 radical (unpaired) electrons. The number of anilines is 1. The average Bonchev–Trinajstić information content (AvgIpc) is 2.38. The van der Waals surface area contributed by atoms with Crippen molar-refractivity contribution in [3.05, 3.63) is 63.2 Å². The molecule has 0 spiro atoms. The summed E-state index contributed by atoms with van der Waals surface area (Å²) in [5.74, 6) is -0.267. The summed E-state index contributed by atoms with van der Waals surface area (Å²) in [6.45, 7) is 0. The molecule has 0 aliphatic carbocycles. The number of hydrogen-bond acceptors (Lipinski definition) is 1. The molecule has 0 heterocycles. The van der Waals surface area contributed by atoms with Crippen molar-refractivity contribution in [2.75, 3.05) is 5.32 Å². The fraction of sp³-hybridized carbons (Fsp3) is 0.133. The smallest absolute Gasteiger partial charge is 0.326 e. The summed E-state index contributed by atoms with van der Waals surface area (Å²) in [5.41, 5.74) is 0.481. The highest BCUT2D eigenvalue weighted by Gasteiger charge is 2.29. The van der Waals surface area contributed by atoms with Gasteiger partial charge in [-0.25, -0.2) is 0 Å². The van der Waals surface area contributed by atoms with E-state index in [-0.39, 0.29) is 12.3 Å². The monoisotopic (exact) mass is 405 g/mol. The lowest BCUT2D eigenvalue weighted by Gasteiger charge is -2.08. The SMILES string of the molecule is O=C(Cc1ccc(C(F)(F)F)cc1)Nc1cccc(I)c1. The van der Waals surface area contributed by atoms with Gasteiger partial charge in [-0.05, 0) is 58.5 Å². The molecular weight excluding hydrogens is 394 g/mol. The Kier molecular flexibility index (Phi) is 4.87. The van der Waals surface area contributed by atoms with E-state index in [1.807, 2.05) is 18.2 Å². The molecule has 0 fully saturated rings. The van der Waals surface area contributed by atoms with Crippen LogP contribution in [-0.4, -0.2) is 5.91 Å². The van der Waals surface area contributed by atoms with Crippen LogP contribution in [-0.2, 0) is 17.4 Å². The zero-order valence-corrected chi connectivity index (χ0v) is 12.9. The van der Waals surface area contributed by atoms with Crippen LogP contribution in [0, 0.1) is 3.57 Å². The van der Waals surface area contributed by atoms with Gasteiger partial charge in [0.25, 0.3) is 0 Å². The minimum absolute atomic E-state index is 0.0314. The van der Waals surface area contributed by atoms with Crippen molar-refractivity contribution in [3.8, 4) is 0 Å². The number of amides is 1. The topological polar surface area (TPSA) is 29.1 Å². The van der Waals surface area contributed by atoms with Crippen LogP contribution in [0.2, 0.25) is 0 Å². The normalized spacial score (nSPS) is 11.2. The third-order valence-electron chi connectivity index (χ3n) is 2.75. The molecule has 21 heavy (non-hydrogen) atoms. The number of hydrogen-bond donors (Lipinski definition) is 1. The number of rotatable bonds is 3. The lowest BCUT2D eigenvalue weighted by atomic mass is 10.1. The van der Waals surface area contributed by atoms with Crippen molar-refractivity contribution in [1.82, 2.24) is 0 Å². The van der Waals surface area contributed by atoms with Gasteiger partial charge >= 0.3 is 6.18 Å². The van der Waals surface area contributed by atoms with E-state index in [1.54, 1.807) is 6.07 Å². The number of carbonyl (C=O) groups excluding carboxylic acids is 1. The van der Waals surface area contributed by atoms with Crippen molar-refractivity contribution in [2.24, 2.45) is 0 Å². The predicted molar refractivity (Wildman–Crippen MR) is 82.9 cm³/mol. The van der Waals surface area contributed by atoms with E-state index in [1.165, 1.54) is 12.1 Å². The van der Waals surface area contributed by atoms with Gasteiger partial charge in [0.05, 0.1) is 12.0 Å². The van der Waals surface area contributed by atoms with E-state index in [2.05, 4.69) is 27.9 Å². The molecule has 0 saturated carbocycles. The minimum atomic E-state index is -4.36. The van der Waals surface area contributed by atoms with Gasteiger partial charge in [-0.2, -0.15) is 13.2 Å². The fourth-order valence-electron chi connectivity index (χ4n) is 1.77. The lowest BCUT2D eigenvalue weighted by Crippen LogP contribution is -2.14. The molecule has 1 amide bonds. The van der Waals surface area contributed by atoms with Crippen LogP contribution in [0.1, 0.15) is 11.1 Å². The summed E-state index contributed by atoms with van der Waals surface area (Å²) in [4.78, 5) is 11.8. The lowest BCUT2D eigenvalue weighted by molar-refractivity contribution is -0.137. The number of carbonyl (C=O) groups is 1. The van der Waals surface area contributed by atoms with Crippen molar-refractivity contribution in [3.63, 3.8) is 0 Å². The molecule has 0 aliphatic rings. The molecule has 1 N–H and O–H groups in total. The molecule has 6 heteroatoms. The quantitative estimate of drug-likeness (QED) is 0.750. The summed E-state index contributed by atoms with van der Waals surface area (Å²) in [7, 11) is 0. The Hall–Kier alpha value is -1.57. The summed E-state index contributed by atoms with van der Waals surface area (Å²) in [6.07, 6.45) is -4.33. The Morgan fingerprint density at radius 2 is 1.76 bits per heavy atom. The first kappa shape index (κ1) is 15.8. The summed E-state index contributed by atoms with van der Waals surface area (Å²) in [5, 5.41) is 2.71. The van der Waals surface area contributed by atoms with Gasteiger partial charge in [0, 0.05) is 9.26 Å². The second kappa shape index (κ2) is 6.46. The van der Waals surface area contributed by atoms with Gasteiger partial charge in [0.2, 0.25) is 5.91 Å². The molecule has 110 valence electrons. The maximum Gasteiger partial charge on any atom is 0.416 e. The van der Waals surface area contributed by atoms with Crippen LogP contribution in [0.25, 0.3) is 0 Å². The summed E-state index contributed by atoms with van der Waals surface area (Å²) in [6, 6.07) is 11.9. The molecular formula is C15H11F3INO. The third-order valence-corrected chi connectivity index (χ3v) is 3.43. The fourth-order valence-corrected chi connectivity index (χ4v) is 2.31. The van der Waals surface area contributed by atoms with Crippen LogP contribution in [0.5, 0.6) is 0 Å². The van der Waals surface area contributed by atoms with Gasteiger partial charge in [-0.15, -0.1) is 0 Å². The summed E-state index contributed by atoms with van der Waals surface area (Å²) < 4.78 is 38.3. The van der Waals surface area contributed by atoms with Crippen molar-refractivity contribution in [2.45, 2.75) is 12.6 Å². The zero-order chi connectivity index (χ0) is 15.5. The van der Waals surface area contributed by atoms with Crippen LogP contribution in [0.4, 0.5) is 18.9 Å². The Balaban J connectivity index is 2.00. The van der Waals surface area contributed by atoms with E-state index in [0.29, 0.717) is 11.3 Å². The molecule has 0 aliphatic heterocycles. The molecule has 0 saturated heterocycles. The molecule has 2 aromatic rings. The van der Waals surface area contributed by atoms with Crippen molar-refractivity contribution < 1.29 is 18.0 Å². The molecule has 2 aromatic carbocycles. The maximum absolute atomic E-state index is 12.4. The van der Waals surface area contributed by atoms with Crippen LogP contribution < -0.4 is 5.32 Å². The number of nitrogens with one attached hydrogen (secondary N) is 1. The van der Waals surface area contributed by atoms with Gasteiger partial charge in [0.15, 0.2) is 0 Å². The molecule has 0 bridgehead atoms. The Morgan fingerprint density at radius 1 is 1.10 bits per heavy atom. The van der Waals surface area contributed by atoms with Crippen molar-refractivity contribution >= 4 is 34.2 Å². The molecule has 0 aromatic heterocycles. The first-order chi connectivity index (χ1) is 9.84. The second-order valence-corrected chi connectivity index (χ2v) is 5.68. The molecule has 2 rings (SSSR count). The van der Waals surface area contributed by atoms with E-state index >= 15 is 0 Å². The second-order valence-electron chi connectivity index (χ2n) is 4.43. The maximum atomic E-state index is 12.4. The van der Waals surface area contributed by atoms with E-state index in [0.717, 1.165) is 15.7 Å². The zero-order valence-electron chi connectivity index (χ0n) is 10.7. The largest absolute Gasteiger partial charge is 0.416 e. The molecule has 2 nitrogen and oxygen atoms in total. The number of halogens is 4. The van der Waals surface area contributed by atoms with Crippen LogP contribution in [0.15, 0.2) is 48.5 Å². The minimum Gasteiger partial charge on any atom is -0.326 e. The van der Waals surface area contributed by atoms with Gasteiger partial charge in [-0.3, -0.25) is 4.79 Å². The molecule has 0 unspecified atom stereocenters. The highest BCUT2D eigenvalue weighted by Crippen LogP contribution is 2.29. The van der Waals surface area contributed by atoms with Crippen LogP contribution in [0.3, 0.4) is 0 Å². The van der Waals surface area contributed by atoms with E-state index in [4.69, 9.17) is 0 Å². The first-order valence-electron chi connectivity index (χ1n) is 6.06. The third kappa shape index (κ3) is 4.73. The predicted octanol–water partition coefficient (Wildman–Crippen LogP) is 4.49. The molecule has 0 atom stereocenters. The van der Waals surface area contributed by atoms with Gasteiger partial charge < -0.3 is 5.32 Å². The Morgan fingerprint density at radius 3 is 2.33 bits per heavy atom. The van der Waals surface area contributed by atoms with Crippen molar-refractivity contribution in [1.29, 1.82) is 0 Å². The average molecular weight is 405 g/mol. The van der Waals surface area contributed by atoms with Gasteiger partial charge in [0.1, 0.15) is 0 Å². The number of benzene rings is 2. The number of alkyl halides is 3. The Labute approximate surface area is 133 Å². The first-order valence-corrected chi connectivity index (χ1v) is 7.14. The van der Waals surface area contributed by atoms with Crippen LogP contribution >= 0.6 is 22.6 Å². The Bertz CT molecular complexity index is 638. The van der Waals surface area contributed by atoms with Gasteiger partial charge in [-0.1, -0.05) is 18.2 Å². The standard InChI is InChI=1S/C15H11F3INO/c16-15(17,18)11-6-4-10(5-7-11)8-14(21)20-13-3-1-2-12(19)9-13/h1-7,9H,8H2,(H,20,21).